The molecular formula is C9H18. The standard InChI is InChI=1S/C9H18/c1-6-8(2)7-9(3,4)5/h2,6-7H2,1,3-5H3. The minimum absolute atomic E-state index is 0.424. The fraction of sp³-hybridized carbons (Fsp3) is 0.778. The van der Waals surface area contributed by atoms with Gasteiger partial charge in [0.25, 0.3) is 0 Å². The molecule has 0 N–H and O–H groups in total. The van der Waals surface area contributed by atoms with Crippen LogP contribution in [-0.2, 0) is 0 Å². The van der Waals surface area contributed by atoms with Crippen LogP contribution in [0.25, 0.3) is 0 Å². The zero-order valence-electron chi connectivity index (χ0n) is 7.12. The van der Waals surface area contributed by atoms with Gasteiger partial charge in [-0.2, -0.15) is 0 Å². The van der Waals surface area contributed by atoms with Crippen molar-refractivity contribution < 1.29 is 0 Å². The molecule has 0 aliphatic heterocycles. The zero-order valence-corrected chi connectivity index (χ0v) is 7.12. The highest BCUT2D eigenvalue weighted by Crippen LogP contribution is 2.23. The predicted molar refractivity (Wildman–Crippen MR) is 43.5 cm³/mol. The Hall–Kier alpha value is -0.260. The van der Waals surface area contributed by atoms with Gasteiger partial charge in [-0.1, -0.05) is 39.8 Å². The molecule has 0 fully saturated rings. The van der Waals surface area contributed by atoms with E-state index in [1.54, 1.807) is 0 Å². The molecular weight excluding hydrogens is 108 g/mol. The van der Waals surface area contributed by atoms with E-state index in [0.717, 1.165) is 12.8 Å². The highest BCUT2D eigenvalue weighted by molar-refractivity contribution is 4.95. The molecule has 54 valence electrons. The smallest absolute Gasteiger partial charge is 0.0274 e. The second-order valence-corrected chi connectivity index (χ2v) is 3.84. The first-order chi connectivity index (χ1) is 3.95. The van der Waals surface area contributed by atoms with Gasteiger partial charge in [0.15, 0.2) is 0 Å². The largest absolute Gasteiger partial charge is 0.0999 e. The second-order valence-electron chi connectivity index (χ2n) is 3.84. The maximum atomic E-state index is 3.96. The van der Waals surface area contributed by atoms with Crippen LogP contribution in [0.3, 0.4) is 0 Å². The van der Waals surface area contributed by atoms with E-state index >= 15 is 0 Å². The fourth-order valence-corrected chi connectivity index (χ4v) is 0.875. The Labute approximate surface area is 59.0 Å². The lowest BCUT2D eigenvalue weighted by atomic mass is 9.88. The van der Waals surface area contributed by atoms with Crippen molar-refractivity contribution in [2.75, 3.05) is 0 Å². The molecule has 0 saturated carbocycles. The molecule has 0 aromatic heterocycles. The van der Waals surface area contributed by atoms with Gasteiger partial charge >= 0.3 is 0 Å². The second kappa shape index (κ2) is 3.05. The monoisotopic (exact) mass is 126 g/mol. The van der Waals surface area contributed by atoms with Gasteiger partial charge in [-0.25, -0.2) is 0 Å². The molecule has 0 aliphatic rings. The van der Waals surface area contributed by atoms with Crippen LogP contribution in [-0.4, -0.2) is 0 Å². The van der Waals surface area contributed by atoms with Gasteiger partial charge in [0.05, 0.1) is 0 Å². The van der Waals surface area contributed by atoms with Gasteiger partial charge < -0.3 is 0 Å². The molecule has 0 bridgehead atoms. The summed E-state index contributed by atoms with van der Waals surface area (Å²) in [6, 6.07) is 0. The zero-order chi connectivity index (χ0) is 7.49. The highest BCUT2D eigenvalue weighted by Gasteiger charge is 2.09. The van der Waals surface area contributed by atoms with E-state index in [4.69, 9.17) is 0 Å². The van der Waals surface area contributed by atoms with E-state index in [0.29, 0.717) is 5.41 Å². The van der Waals surface area contributed by atoms with Crippen molar-refractivity contribution in [3.8, 4) is 0 Å². The quantitative estimate of drug-likeness (QED) is 0.497. The molecule has 0 heteroatoms. The summed E-state index contributed by atoms with van der Waals surface area (Å²) in [5.41, 5.74) is 1.79. The third-order valence-corrected chi connectivity index (χ3v) is 1.28. The Morgan fingerprint density at radius 1 is 1.33 bits per heavy atom. The highest BCUT2D eigenvalue weighted by atomic mass is 14.2. The summed E-state index contributed by atoms with van der Waals surface area (Å²) in [6.07, 6.45) is 2.28. The Morgan fingerprint density at radius 3 is 1.89 bits per heavy atom. The number of hydrogen-bond acceptors (Lipinski definition) is 0. The van der Waals surface area contributed by atoms with Gasteiger partial charge in [0.1, 0.15) is 0 Å². The Kier molecular flexibility index (Phi) is 2.96. The molecule has 0 rings (SSSR count). The Bertz CT molecular complexity index is 93.1. The van der Waals surface area contributed by atoms with Crippen LogP contribution in [0.15, 0.2) is 12.2 Å². The topological polar surface area (TPSA) is 0 Å². The van der Waals surface area contributed by atoms with Gasteiger partial charge in [-0.3, -0.25) is 0 Å². The molecule has 0 atom stereocenters. The third kappa shape index (κ3) is 5.61. The van der Waals surface area contributed by atoms with Crippen molar-refractivity contribution in [3.05, 3.63) is 12.2 Å². The summed E-state index contributed by atoms with van der Waals surface area (Å²) in [5, 5.41) is 0. The van der Waals surface area contributed by atoms with Crippen molar-refractivity contribution in [1.29, 1.82) is 0 Å². The summed E-state index contributed by atoms with van der Waals surface area (Å²) in [6.45, 7) is 12.9. The lowest BCUT2D eigenvalue weighted by molar-refractivity contribution is 0.406. The number of allylic oxidation sites excluding steroid dienone is 1. The fourth-order valence-electron chi connectivity index (χ4n) is 0.875. The molecule has 0 spiro atoms. The van der Waals surface area contributed by atoms with E-state index < -0.39 is 0 Å². The maximum Gasteiger partial charge on any atom is -0.0274 e. The molecule has 0 aromatic carbocycles. The number of rotatable bonds is 2. The first kappa shape index (κ1) is 8.74. The van der Waals surface area contributed by atoms with Crippen molar-refractivity contribution >= 4 is 0 Å². The summed E-state index contributed by atoms with van der Waals surface area (Å²) < 4.78 is 0. The van der Waals surface area contributed by atoms with Crippen molar-refractivity contribution in [2.45, 2.75) is 40.5 Å². The first-order valence-electron chi connectivity index (χ1n) is 3.62. The van der Waals surface area contributed by atoms with Crippen LogP contribution >= 0.6 is 0 Å². The summed E-state index contributed by atoms with van der Waals surface area (Å²) in [4.78, 5) is 0. The van der Waals surface area contributed by atoms with E-state index in [1.165, 1.54) is 5.57 Å². The Morgan fingerprint density at radius 2 is 1.78 bits per heavy atom. The lowest BCUT2D eigenvalue weighted by Crippen LogP contribution is -2.05. The van der Waals surface area contributed by atoms with Gasteiger partial charge in [-0.15, -0.1) is 0 Å². The average Bonchev–Trinajstić information content (AvgIpc) is 1.62. The van der Waals surface area contributed by atoms with Crippen LogP contribution < -0.4 is 0 Å². The molecule has 0 radical (unpaired) electrons. The third-order valence-electron chi connectivity index (χ3n) is 1.28. The first-order valence-corrected chi connectivity index (χ1v) is 3.62. The van der Waals surface area contributed by atoms with E-state index in [-0.39, 0.29) is 0 Å². The van der Waals surface area contributed by atoms with Crippen LogP contribution in [0.2, 0.25) is 0 Å². The van der Waals surface area contributed by atoms with Gasteiger partial charge in [-0.05, 0) is 18.3 Å². The van der Waals surface area contributed by atoms with E-state index in [9.17, 15) is 0 Å². The summed E-state index contributed by atoms with van der Waals surface area (Å²) >= 11 is 0. The van der Waals surface area contributed by atoms with E-state index in [2.05, 4.69) is 34.3 Å². The van der Waals surface area contributed by atoms with Crippen molar-refractivity contribution in [3.63, 3.8) is 0 Å². The molecule has 0 aliphatic carbocycles. The molecule has 9 heavy (non-hydrogen) atoms. The van der Waals surface area contributed by atoms with Crippen LogP contribution in [0.1, 0.15) is 40.5 Å². The summed E-state index contributed by atoms with van der Waals surface area (Å²) in [5.74, 6) is 0. The van der Waals surface area contributed by atoms with Crippen molar-refractivity contribution in [2.24, 2.45) is 5.41 Å². The van der Waals surface area contributed by atoms with Crippen LogP contribution in [0.4, 0.5) is 0 Å². The molecule has 0 heterocycles. The summed E-state index contributed by atoms with van der Waals surface area (Å²) in [7, 11) is 0. The molecule has 0 saturated heterocycles. The van der Waals surface area contributed by atoms with Gasteiger partial charge in [0.2, 0.25) is 0 Å². The normalized spacial score (nSPS) is 11.6. The molecule has 0 unspecified atom stereocenters. The van der Waals surface area contributed by atoms with Crippen molar-refractivity contribution in [1.82, 2.24) is 0 Å². The molecule has 0 aromatic rings. The van der Waals surface area contributed by atoms with Gasteiger partial charge in [0, 0.05) is 0 Å². The van der Waals surface area contributed by atoms with Crippen LogP contribution in [0.5, 0.6) is 0 Å². The van der Waals surface area contributed by atoms with Crippen LogP contribution in [0, 0.1) is 5.41 Å². The van der Waals surface area contributed by atoms with E-state index in [1.807, 2.05) is 0 Å². The molecule has 0 amide bonds. The molecule has 0 nitrogen and oxygen atoms in total. The predicted octanol–water partition coefficient (Wildman–Crippen LogP) is 3.39. The minimum atomic E-state index is 0.424. The number of hydrogen-bond donors (Lipinski definition) is 0. The lowest BCUT2D eigenvalue weighted by Gasteiger charge is -2.18. The Balaban J connectivity index is 3.60. The maximum absolute atomic E-state index is 3.96. The SMILES string of the molecule is C=C(CC)CC(C)(C)C. The average molecular weight is 126 g/mol. The minimum Gasteiger partial charge on any atom is -0.0999 e.